The number of hydrogen-bond donors (Lipinski definition) is 0. The van der Waals surface area contributed by atoms with Crippen LogP contribution in [0.15, 0.2) is 243 Å². The van der Waals surface area contributed by atoms with Gasteiger partial charge in [0.2, 0.25) is 0 Å². The third-order valence-electron chi connectivity index (χ3n) is 12.5. The Labute approximate surface area is 360 Å². The number of aromatic nitrogens is 2. The van der Waals surface area contributed by atoms with Gasteiger partial charge in [0.15, 0.2) is 0 Å². The molecule has 0 saturated carbocycles. The van der Waals surface area contributed by atoms with Crippen molar-refractivity contribution in [3.8, 4) is 67.0 Å². The molecule has 0 saturated heterocycles. The van der Waals surface area contributed by atoms with Crippen molar-refractivity contribution in [3.63, 3.8) is 0 Å². The number of benzene rings is 10. The Kier molecular flexibility index (Phi) is 8.53. The molecule has 0 fully saturated rings. The first kappa shape index (κ1) is 35.7. The van der Waals surface area contributed by atoms with Crippen LogP contribution < -0.4 is 0 Å². The van der Waals surface area contributed by atoms with Gasteiger partial charge in [-0.15, -0.1) is 0 Å². The molecule has 0 N–H and O–H groups in total. The normalized spacial score (nSPS) is 11.5. The van der Waals surface area contributed by atoms with E-state index in [2.05, 4.69) is 252 Å². The number of hydrogen-bond acceptors (Lipinski definition) is 0. The van der Waals surface area contributed by atoms with E-state index in [-0.39, 0.29) is 0 Å². The van der Waals surface area contributed by atoms with E-state index in [1.165, 1.54) is 99.2 Å². The summed E-state index contributed by atoms with van der Waals surface area (Å²) in [6.07, 6.45) is 0. The maximum atomic E-state index is 2.50. The molecule has 2 nitrogen and oxygen atoms in total. The van der Waals surface area contributed by atoms with Gasteiger partial charge in [0.1, 0.15) is 0 Å². The van der Waals surface area contributed by atoms with Crippen LogP contribution in [0.3, 0.4) is 0 Å². The highest BCUT2D eigenvalue weighted by atomic mass is 15.0. The molecular weight excluding hydrogens is 749 g/mol. The third kappa shape index (κ3) is 6.04. The first-order valence-electron chi connectivity index (χ1n) is 21.3. The minimum absolute atomic E-state index is 1.13. The molecule has 0 atom stereocenters. The van der Waals surface area contributed by atoms with Crippen LogP contribution in [0.2, 0.25) is 0 Å². The maximum Gasteiger partial charge on any atom is 0.0619 e. The van der Waals surface area contributed by atoms with Gasteiger partial charge in [-0.25, -0.2) is 0 Å². The molecule has 0 amide bonds. The molecule has 0 radical (unpaired) electrons. The molecule has 0 bridgehead atoms. The topological polar surface area (TPSA) is 9.86 Å². The maximum absolute atomic E-state index is 2.50. The van der Waals surface area contributed by atoms with Crippen LogP contribution in [-0.2, 0) is 0 Å². The van der Waals surface area contributed by atoms with Crippen molar-refractivity contribution < 1.29 is 0 Å². The van der Waals surface area contributed by atoms with Crippen LogP contribution in [0.4, 0.5) is 0 Å². The molecule has 0 spiro atoms. The van der Waals surface area contributed by atoms with Crippen LogP contribution in [0.1, 0.15) is 0 Å². The summed E-state index contributed by atoms with van der Waals surface area (Å²) in [6, 6.07) is 88.5. The van der Waals surface area contributed by atoms with Gasteiger partial charge in [-0.2, -0.15) is 0 Å². The van der Waals surface area contributed by atoms with Crippen LogP contribution in [-0.4, -0.2) is 9.13 Å². The van der Waals surface area contributed by atoms with E-state index in [1.807, 2.05) is 0 Å². The Balaban J connectivity index is 1.10. The van der Waals surface area contributed by atoms with E-state index in [0.717, 1.165) is 11.4 Å². The Hall–Kier alpha value is -8.20. The van der Waals surface area contributed by atoms with Gasteiger partial charge in [0.05, 0.1) is 22.1 Å². The van der Waals surface area contributed by atoms with Crippen molar-refractivity contribution in [2.24, 2.45) is 0 Å². The predicted molar refractivity (Wildman–Crippen MR) is 262 cm³/mol. The van der Waals surface area contributed by atoms with E-state index in [0.29, 0.717) is 0 Å². The summed E-state index contributed by atoms with van der Waals surface area (Å²) in [7, 11) is 0. The van der Waals surface area contributed by atoms with E-state index in [9.17, 15) is 0 Å². The van der Waals surface area contributed by atoms with Gasteiger partial charge >= 0.3 is 0 Å². The largest absolute Gasteiger partial charge is 0.309 e. The Morgan fingerprint density at radius 1 is 0.210 bits per heavy atom. The SMILES string of the molecule is c1ccc(-c2cccc(-n3c4ccccc4c4cc(-c5ccc6c7cc(-c8ccccc8)cc(-c8ccccc8)c7n(-c7cccc(-c8ccccc8)c7)c6c5)ccc43)c2)cc1. The lowest BCUT2D eigenvalue weighted by molar-refractivity contribution is 1.18. The first-order valence-corrected chi connectivity index (χ1v) is 21.3. The van der Waals surface area contributed by atoms with Gasteiger partial charge < -0.3 is 9.13 Å². The standard InChI is InChI=1S/C60H40N2/c1-5-17-41(18-6-1)45-25-15-27-50(35-45)61-57-30-14-13-29-52(57)55-37-47(32-34-58(55)61)48-31-33-53-56-39-49(43-21-9-3-10-22-43)38-54(44-23-11-4-12-24-44)60(56)62(59(53)40-48)51-28-16-26-46(36-51)42-19-7-2-8-20-42/h1-40H. The zero-order valence-corrected chi connectivity index (χ0v) is 34.0. The fourth-order valence-corrected chi connectivity index (χ4v) is 9.57. The molecule has 0 aliphatic rings. The lowest BCUT2D eigenvalue weighted by Crippen LogP contribution is -1.97. The van der Waals surface area contributed by atoms with Gasteiger partial charge in [-0.05, 0) is 111 Å². The molecule has 2 aromatic heterocycles. The molecular formula is C60H40N2. The average molecular weight is 789 g/mol. The highest BCUT2D eigenvalue weighted by Gasteiger charge is 2.21. The second kappa shape index (κ2) is 14.8. The molecule has 2 heteroatoms. The molecule has 0 aliphatic heterocycles. The monoisotopic (exact) mass is 788 g/mol. The third-order valence-corrected chi connectivity index (χ3v) is 12.5. The highest BCUT2D eigenvalue weighted by molar-refractivity contribution is 6.16. The lowest BCUT2D eigenvalue weighted by atomic mass is 9.95. The molecule has 2 heterocycles. The van der Waals surface area contributed by atoms with Crippen molar-refractivity contribution in [2.75, 3.05) is 0 Å². The van der Waals surface area contributed by atoms with Crippen molar-refractivity contribution >= 4 is 43.6 Å². The summed E-state index contributed by atoms with van der Waals surface area (Å²) in [5.74, 6) is 0. The second-order valence-corrected chi connectivity index (χ2v) is 16.1. The number of fused-ring (bicyclic) bond motifs is 6. The smallest absolute Gasteiger partial charge is 0.0619 e. The van der Waals surface area contributed by atoms with Crippen molar-refractivity contribution in [2.45, 2.75) is 0 Å². The Bertz CT molecular complexity index is 3600. The second-order valence-electron chi connectivity index (χ2n) is 16.1. The summed E-state index contributed by atoms with van der Waals surface area (Å²) in [5, 5.41) is 4.93. The summed E-state index contributed by atoms with van der Waals surface area (Å²) >= 11 is 0. The molecule has 10 aromatic carbocycles. The van der Waals surface area contributed by atoms with E-state index < -0.39 is 0 Å². The van der Waals surface area contributed by atoms with Gasteiger partial charge in [0, 0.05) is 38.5 Å². The fraction of sp³-hybridized carbons (Fsp3) is 0. The zero-order valence-electron chi connectivity index (χ0n) is 34.0. The average Bonchev–Trinajstić information content (AvgIpc) is 3.87. The predicted octanol–water partition coefficient (Wildman–Crippen LogP) is 16.2. The van der Waals surface area contributed by atoms with E-state index in [4.69, 9.17) is 0 Å². The van der Waals surface area contributed by atoms with Crippen molar-refractivity contribution in [1.29, 1.82) is 0 Å². The molecule has 290 valence electrons. The summed E-state index contributed by atoms with van der Waals surface area (Å²) < 4.78 is 4.92. The molecule has 62 heavy (non-hydrogen) atoms. The minimum atomic E-state index is 1.13. The van der Waals surface area contributed by atoms with Gasteiger partial charge in [0.25, 0.3) is 0 Å². The molecule has 0 unspecified atom stereocenters. The number of rotatable bonds is 7. The van der Waals surface area contributed by atoms with Crippen LogP contribution in [0.5, 0.6) is 0 Å². The van der Waals surface area contributed by atoms with Crippen molar-refractivity contribution in [1.82, 2.24) is 9.13 Å². The van der Waals surface area contributed by atoms with E-state index in [1.54, 1.807) is 0 Å². The summed E-state index contributed by atoms with van der Waals surface area (Å²) in [4.78, 5) is 0. The van der Waals surface area contributed by atoms with Crippen LogP contribution >= 0.6 is 0 Å². The molecule has 12 aromatic rings. The van der Waals surface area contributed by atoms with Gasteiger partial charge in [-0.3, -0.25) is 0 Å². The molecule has 0 aliphatic carbocycles. The molecule has 12 rings (SSSR count). The highest BCUT2D eigenvalue weighted by Crippen LogP contribution is 2.44. The fourth-order valence-electron chi connectivity index (χ4n) is 9.57. The number of para-hydroxylation sites is 1. The zero-order chi connectivity index (χ0) is 41.0. The van der Waals surface area contributed by atoms with Crippen molar-refractivity contribution in [3.05, 3.63) is 243 Å². The minimum Gasteiger partial charge on any atom is -0.309 e. The number of nitrogens with zero attached hydrogens (tertiary/aromatic N) is 2. The Morgan fingerprint density at radius 2 is 0.661 bits per heavy atom. The lowest BCUT2D eigenvalue weighted by Gasteiger charge is -2.15. The quantitative estimate of drug-likeness (QED) is 0.152. The Morgan fingerprint density at radius 3 is 1.31 bits per heavy atom. The first-order chi connectivity index (χ1) is 30.7. The van der Waals surface area contributed by atoms with Crippen LogP contribution in [0, 0.1) is 0 Å². The van der Waals surface area contributed by atoms with E-state index >= 15 is 0 Å². The van der Waals surface area contributed by atoms with Gasteiger partial charge in [-0.1, -0.05) is 182 Å². The summed E-state index contributed by atoms with van der Waals surface area (Å²) in [5.41, 5.74) is 19.0. The summed E-state index contributed by atoms with van der Waals surface area (Å²) in [6.45, 7) is 0. The van der Waals surface area contributed by atoms with Crippen LogP contribution in [0.25, 0.3) is 111 Å².